The van der Waals surface area contributed by atoms with Crippen LogP contribution in [0, 0.1) is 0 Å². The number of amides is 4. The number of benzene rings is 2. The Balaban J connectivity index is 0.000000206. The number of sulfone groups is 2. The zero-order valence-electron chi connectivity index (χ0n) is 40.3. The Morgan fingerprint density at radius 1 is 0.557 bits per heavy atom. The molecule has 0 bridgehead atoms. The SMILES string of the molecule is COc1cccc(OC)c1-n1c(CS(=O)(=O)CCN2C(=O)N(C)CC[C@@H]2C)nnc1-c1ccco1.COc1cccc(OC)c1-n1c(CS(=O)(=O)CCN2C(=O)N(C)CC[C@H]2C)nnc1-c1ccco1. The third-order valence-corrected chi connectivity index (χ3v) is 15.2. The van der Waals surface area contributed by atoms with Gasteiger partial charge in [0.25, 0.3) is 0 Å². The Bertz CT molecular complexity index is 2730. The van der Waals surface area contributed by atoms with E-state index in [-0.39, 0.29) is 60.4 Å². The van der Waals surface area contributed by atoms with Gasteiger partial charge >= 0.3 is 12.1 Å². The van der Waals surface area contributed by atoms with Gasteiger partial charge in [-0.2, -0.15) is 0 Å². The summed E-state index contributed by atoms with van der Waals surface area (Å²) in [4.78, 5) is 31.4. The average Bonchev–Trinajstić information content (AvgIpc) is 4.20. The second-order valence-corrected chi connectivity index (χ2v) is 21.2. The van der Waals surface area contributed by atoms with Gasteiger partial charge in [-0.25, -0.2) is 26.4 Å². The molecule has 6 aromatic rings. The molecule has 0 spiro atoms. The number of hydrogen-bond donors (Lipinski definition) is 0. The topological polar surface area (TPSA) is 240 Å². The second-order valence-electron chi connectivity index (χ2n) is 16.8. The summed E-state index contributed by atoms with van der Waals surface area (Å²) in [5, 5.41) is 16.8. The monoisotopic (exact) mass is 1010 g/mol. The van der Waals surface area contributed by atoms with Crippen LogP contribution >= 0.6 is 0 Å². The van der Waals surface area contributed by atoms with Gasteiger partial charge in [0.05, 0.1) is 52.5 Å². The third kappa shape index (κ3) is 11.0. The second kappa shape index (κ2) is 21.7. The van der Waals surface area contributed by atoms with E-state index in [0.717, 1.165) is 12.8 Å². The van der Waals surface area contributed by atoms with Crippen LogP contribution in [0.4, 0.5) is 9.59 Å². The number of rotatable bonds is 18. The van der Waals surface area contributed by atoms with Crippen LogP contribution in [0.3, 0.4) is 0 Å². The number of nitrogens with zero attached hydrogens (tertiary/aromatic N) is 10. The van der Waals surface area contributed by atoms with E-state index in [1.807, 2.05) is 13.8 Å². The van der Waals surface area contributed by atoms with E-state index in [0.29, 0.717) is 70.6 Å². The Kier molecular flexibility index (Phi) is 15.7. The smallest absolute Gasteiger partial charge is 0.320 e. The number of hydrogen-bond acceptors (Lipinski definition) is 16. The van der Waals surface area contributed by atoms with Crippen molar-refractivity contribution >= 4 is 31.7 Å². The molecule has 0 N–H and O–H groups in total. The molecule has 376 valence electrons. The molecule has 22 nitrogen and oxygen atoms in total. The molecule has 70 heavy (non-hydrogen) atoms. The molecule has 8 rings (SSSR count). The quantitative estimate of drug-likeness (QED) is 0.107. The fraction of sp³-hybridized carbons (Fsp3) is 0.435. The standard InChI is InChI=1S/2C23H29N5O6S/c2*1-16-10-11-26(2)23(29)27(16)12-14-35(30,31)15-20-24-25-22(19-9-6-13-34-19)28(20)21-17(32-3)7-5-8-18(21)33-4/h2*5-9,13,16H,10-12,14-15H2,1-4H3/t2*16-/m10/s1. The minimum Gasteiger partial charge on any atom is -0.494 e. The zero-order valence-corrected chi connectivity index (χ0v) is 42.0. The lowest BCUT2D eigenvalue weighted by atomic mass is 10.1. The van der Waals surface area contributed by atoms with Crippen LogP contribution < -0.4 is 18.9 Å². The summed E-state index contributed by atoms with van der Waals surface area (Å²) in [5.74, 6) is 2.39. The van der Waals surface area contributed by atoms with Crippen molar-refractivity contribution in [1.82, 2.24) is 49.1 Å². The molecule has 2 fully saturated rings. The van der Waals surface area contributed by atoms with Crippen molar-refractivity contribution in [3.05, 3.63) is 84.8 Å². The van der Waals surface area contributed by atoms with Crippen molar-refractivity contribution in [1.29, 1.82) is 0 Å². The minimum atomic E-state index is -3.67. The van der Waals surface area contributed by atoms with Crippen molar-refractivity contribution in [3.8, 4) is 57.5 Å². The number of carbonyl (C=O) groups is 2. The maximum absolute atomic E-state index is 13.2. The van der Waals surface area contributed by atoms with Crippen molar-refractivity contribution in [2.75, 3.05) is 80.2 Å². The average molecular weight is 1010 g/mol. The molecule has 0 unspecified atom stereocenters. The number of furan rings is 2. The molecule has 4 amide bonds. The molecule has 0 aliphatic carbocycles. The number of para-hydroxylation sites is 2. The highest BCUT2D eigenvalue weighted by atomic mass is 32.2. The summed E-state index contributed by atoms with van der Waals surface area (Å²) in [7, 11) is 2.14. The number of aromatic nitrogens is 6. The largest absolute Gasteiger partial charge is 0.494 e. The maximum Gasteiger partial charge on any atom is 0.320 e. The molecule has 0 saturated carbocycles. The summed E-state index contributed by atoms with van der Waals surface area (Å²) in [6, 6.07) is 16.9. The Hall–Kier alpha value is -7.08. The molecular formula is C46H58N10O12S2. The lowest BCUT2D eigenvalue weighted by Crippen LogP contribution is -2.53. The van der Waals surface area contributed by atoms with Gasteiger partial charge in [0, 0.05) is 52.4 Å². The van der Waals surface area contributed by atoms with Crippen molar-refractivity contribution in [2.45, 2.75) is 50.3 Å². The number of urea groups is 2. The highest BCUT2D eigenvalue weighted by Crippen LogP contribution is 2.38. The Morgan fingerprint density at radius 2 is 0.914 bits per heavy atom. The number of ether oxygens (including phenoxy) is 4. The number of carbonyl (C=O) groups excluding carboxylic acids is 2. The van der Waals surface area contributed by atoms with E-state index in [2.05, 4.69) is 20.4 Å². The van der Waals surface area contributed by atoms with E-state index in [1.54, 1.807) is 103 Å². The zero-order chi connectivity index (χ0) is 50.3. The van der Waals surface area contributed by atoms with Crippen LogP contribution in [-0.4, -0.2) is 170 Å². The third-order valence-electron chi connectivity index (χ3n) is 12.2. The Morgan fingerprint density at radius 3 is 1.23 bits per heavy atom. The highest BCUT2D eigenvalue weighted by molar-refractivity contribution is 7.90. The molecule has 4 aromatic heterocycles. The first-order valence-corrected chi connectivity index (χ1v) is 26.0. The van der Waals surface area contributed by atoms with Crippen molar-refractivity contribution in [2.24, 2.45) is 0 Å². The van der Waals surface area contributed by atoms with Gasteiger partial charge in [-0.15, -0.1) is 20.4 Å². The summed E-state index contributed by atoms with van der Waals surface area (Å²) in [6.45, 7) is 5.37. The van der Waals surface area contributed by atoms with E-state index in [1.165, 1.54) is 41.0 Å². The summed E-state index contributed by atoms with van der Waals surface area (Å²) < 4.78 is 89.2. The van der Waals surface area contributed by atoms with Crippen LogP contribution in [0.15, 0.2) is 82.0 Å². The fourth-order valence-corrected chi connectivity index (χ4v) is 10.6. The van der Waals surface area contributed by atoms with Gasteiger partial charge in [-0.1, -0.05) is 12.1 Å². The van der Waals surface area contributed by atoms with Crippen molar-refractivity contribution in [3.63, 3.8) is 0 Å². The van der Waals surface area contributed by atoms with Gasteiger partial charge < -0.3 is 47.4 Å². The first kappa shape index (κ1) is 50.8. The summed E-state index contributed by atoms with van der Waals surface area (Å²) >= 11 is 0. The lowest BCUT2D eigenvalue weighted by Gasteiger charge is -2.38. The van der Waals surface area contributed by atoms with Crippen LogP contribution in [0.2, 0.25) is 0 Å². The van der Waals surface area contributed by atoms with Crippen molar-refractivity contribution < 1.29 is 54.2 Å². The molecule has 2 aliphatic heterocycles. The Labute approximate surface area is 406 Å². The maximum atomic E-state index is 13.2. The van der Waals surface area contributed by atoms with Crippen LogP contribution in [0.5, 0.6) is 23.0 Å². The minimum absolute atomic E-state index is 0.0269. The van der Waals surface area contributed by atoms with E-state index < -0.39 is 31.2 Å². The highest BCUT2D eigenvalue weighted by Gasteiger charge is 2.33. The fourth-order valence-electron chi connectivity index (χ4n) is 8.25. The molecule has 0 radical (unpaired) electrons. The molecule has 2 aromatic carbocycles. The first-order chi connectivity index (χ1) is 33.5. The van der Waals surface area contributed by atoms with Gasteiger partial charge in [0.1, 0.15) is 45.9 Å². The lowest BCUT2D eigenvalue weighted by molar-refractivity contribution is 0.118. The molecular weight excluding hydrogens is 949 g/mol. The predicted molar refractivity (Wildman–Crippen MR) is 257 cm³/mol. The van der Waals surface area contributed by atoms with E-state index in [9.17, 15) is 26.4 Å². The van der Waals surface area contributed by atoms with Gasteiger partial charge in [0.2, 0.25) is 11.6 Å². The predicted octanol–water partition coefficient (Wildman–Crippen LogP) is 5.21. The summed E-state index contributed by atoms with van der Waals surface area (Å²) in [6.07, 6.45) is 4.57. The summed E-state index contributed by atoms with van der Waals surface area (Å²) in [5.41, 5.74) is 0.918. The molecule has 6 heterocycles. The molecule has 24 heteroatoms. The number of methoxy groups -OCH3 is 4. The normalized spacial score (nSPS) is 16.6. The van der Waals surface area contributed by atoms with Crippen LogP contribution in [0.1, 0.15) is 38.3 Å². The molecule has 2 aliphatic rings. The van der Waals surface area contributed by atoms with Crippen LogP contribution in [-0.2, 0) is 31.2 Å². The van der Waals surface area contributed by atoms with E-state index >= 15 is 0 Å². The van der Waals surface area contributed by atoms with Gasteiger partial charge in [0.15, 0.2) is 42.8 Å². The van der Waals surface area contributed by atoms with E-state index in [4.69, 9.17) is 27.8 Å². The molecule has 2 atom stereocenters. The molecule has 2 saturated heterocycles. The van der Waals surface area contributed by atoms with Gasteiger partial charge in [-0.3, -0.25) is 9.13 Å². The van der Waals surface area contributed by atoms with Gasteiger partial charge in [-0.05, 0) is 75.2 Å². The van der Waals surface area contributed by atoms with Crippen LogP contribution in [0.25, 0.3) is 34.5 Å². The first-order valence-electron chi connectivity index (χ1n) is 22.3.